The summed E-state index contributed by atoms with van der Waals surface area (Å²) < 4.78 is 44.5. The SMILES string of the molecule is CCN(c1ccc(Cl)cc1)c1ncc(C(F)(F)F)c(OC(C)C)n1. The lowest BCUT2D eigenvalue weighted by Crippen LogP contribution is -2.21. The third kappa shape index (κ3) is 4.29. The lowest BCUT2D eigenvalue weighted by Gasteiger charge is -2.23. The van der Waals surface area contributed by atoms with Crippen LogP contribution in [0.3, 0.4) is 0 Å². The molecule has 0 radical (unpaired) electrons. The van der Waals surface area contributed by atoms with Crippen LogP contribution in [0, 0.1) is 0 Å². The first kappa shape index (κ1) is 18.3. The molecule has 0 atom stereocenters. The maximum Gasteiger partial charge on any atom is 0.423 e. The zero-order valence-electron chi connectivity index (χ0n) is 13.4. The molecule has 2 rings (SSSR count). The van der Waals surface area contributed by atoms with E-state index in [0.717, 1.165) is 11.9 Å². The quantitative estimate of drug-likeness (QED) is 0.745. The van der Waals surface area contributed by atoms with Crippen molar-refractivity contribution in [3.63, 3.8) is 0 Å². The molecule has 1 heterocycles. The van der Waals surface area contributed by atoms with Crippen LogP contribution in [0.2, 0.25) is 5.02 Å². The minimum absolute atomic E-state index is 0.128. The molecule has 0 bridgehead atoms. The van der Waals surface area contributed by atoms with Gasteiger partial charge in [-0.25, -0.2) is 4.98 Å². The van der Waals surface area contributed by atoms with Crippen molar-refractivity contribution < 1.29 is 17.9 Å². The van der Waals surface area contributed by atoms with E-state index in [2.05, 4.69) is 9.97 Å². The van der Waals surface area contributed by atoms with Crippen molar-refractivity contribution in [2.24, 2.45) is 0 Å². The fourth-order valence-corrected chi connectivity index (χ4v) is 2.18. The molecule has 24 heavy (non-hydrogen) atoms. The van der Waals surface area contributed by atoms with Gasteiger partial charge in [-0.15, -0.1) is 0 Å². The van der Waals surface area contributed by atoms with Gasteiger partial charge < -0.3 is 9.64 Å². The highest BCUT2D eigenvalue weighted by Gasteiger charge is 2.36. The van der Waals surface area contributed by atoms with Gasteiger partial charge in [0.2, 0.25) is 11.8 Å². The molecule has 0 spiro atoms. The predicted octanol–water partition coefficient (Wildman–Crippen LogP) is 5.09. The highest BCUT2D eigenvalue weighted by molar-refractivity contribution is 6.30. The summed E-state index contributed by atoms with van der Waals surface area (Å²) in [6.45, 7) is 5.59. The van der Waals surface area contributed by atoms with Crippen LogP contribution < -0.4 is 9.64 Å². The summed E-state index contributed by atoms with van der Waals surface area (Å²) in [4.78, 5) is 9.52. The van der Waals surface area contributed by atoms with Crippen molar-refractivity contribution in [2.75, 3.05) is 11.4 Å². The fourth-order valence-electron chi connectivity index (χ4n) is 2.06. The number of aromatic nitrogens is 2. The lowest BCUT2D eigenvalue weighted by molar-refractivity contribution is -0.139. The van der Waals surface area contributed by atoms with Crippen molar-refractivity contribution in [2.45, 2.75) is 33.1 Å². The molecule has 0 fully saturated rings. The Balaban J connectivity index is 2.47. The van der Waals surface area contributed by atoms with E-state index in [1.54, 1.807) is 43.0 Å². The van der Waals surface area contributed by atoms with Crippen LogP contribution in [-0.2, 0) is 6.18 Å². The highest BCUT2D eigenvalue weighted by atomic mass is 35.5. The average molecular weight is 360 g/mol. The molecule has 0 unspecified atom stereocenters. The summed E-state index contributed by atoms with van der Waals surface area (Å²) in [5, 5.41) is 0.562. The van der Waals surface area contributed by atoms with Gasteiger partial charge in [0.05, 0.1) is 6.10 Å². The van der Waals surface area contributed by atoms with Crippen molar-refractivity contribution in [1.29, 1.82) is 0 Å². The summed E-state index contributed by atoms with van der Waals surface area (Å²) in [6.07, 6.45) is -4.28. The number of benzene rings is 1. The minimum Gasteiger partial charge on any atom is -0.474 e. The number of alkyl halides is 3. The first-order chi connectivity index (χ1) is 11.2. The highest BCUT2D eigenvalue weighted by Crippen LogP contribution is 2.36. The molecule has 4 nitrogen and oxygen atoms in total. The Bertz CT molecular complexity index is 690. The number of anilines is 2. The molecule has 0 saturated heterocycles. The first-order valence-corrected chi connectivity index (χ1v) is 7.74. The van der Waals surface area contributed by atoms with Crippen LogP contribution in [0.15, 0.2) is 30.5 Å². The Morgan fingerprint density at radius 3 is 2.33 bits per heavy atom. The van der Waals surface area contributed by atoms with Crippen LogP contribution in [0.25, 0.3) is 0 Å². The number of hydrogen-bond donors (Lipinski definition) is 0. The van der Waals surface area contributed by atoms with Gasteiger partial charge in [-0.3, -0.25) is 0 Å². The van der Waals surface area contributed by atoms with E-state index >= 15 is 0 Å². The average Bonchev–Trinajstić information content (AvgIpc) is 2.48. The Morgan fingerprint density at radius 2 is 1.83 bits per heavy atom. The van der Waals surface area contributed by atoms with E-state index in [-0.39, 0.29) is 5.95 Å². The van der Waals surface area contributed by atoms with Crippen LogP contribution >= 0.6 is 11.6 Å². The van der Waals surface area contributed by atoms with Gasteiger partial charge in [0.25, 0.3) is 0 Å². The molecule has 0 aliphatic heterocycles. The lowest BCUT2D eigenvalue weighted by atomic mass is 10.3. The second-order valence-corrected chi connectivity index (χ2v) is 5.71. The number of halogens is 4. The van der Waals surface area contributed by atoms with Crippen LogP contribution in [0.5, 0.6) is 5.88 Å². The fraction of sp³-hybridized carbons (Fsp3) is 0.375. The molecule has 130 valence electrons. The number of hydrogen-bond acceptors (Lipinski definition) is 4. The van der Waals surface area contributed by atoms with Gasteiger partial charge in [-0.2, -0.15) is 18.2 Å². The zero-order chi connectivity index (χ0) is 17.9. The molecule has 0 saturated carbocycles. The molecule has 0 N–H and O–H groups in total. The van der Waals surface area contributed by atoms with Crippen LogP contribution in [0.4, 0.5) is 24.8 Å². The monoisotopic (exact) mass is 359 g/mol. The van der Waals surface area contributed by atoms with Crippen molar-refractivity contribution in [1.82, 2.24) is 9.97 Å². The van der Waals surface area contributed by atoms with Crippen molar-refractivity contribution in [3.05, 3.63) is 41.0 Å². The van der Waals surface area contributed by atoms with Gasteiger partial charge in [0.1, 0.15) is 5.56 Å². The Morgan fingerprint density at radius 1 is 1.21 bits per heavy atom. The van der Waals surface area contributed by atoms with E-state index in [4.69, 9.17) is 16.3 Å². The molecular weight excluding hydrogens is 343 g/mol. The maximum absolute atomic E-state index is 13.1. The molecular formula is C16H17ClF3N3O. The Kier molecular flexibility index (Phi) is 5.54. The molecule has 0 aliphatic rings. The predicted molar refractivity (Wildman–Crippen MR) is 86.9 cm³/mol. The number of nitrogens with zero attached hydrogens (tertiary/aromatic N) is 3. The molecule has 1 aromatic carbocycles. The minimum atomic E-state index is -4.58. The van der Waals surface area contributed by atoms with Crippen LogP contribution in [-0.4, -0.2) is 22.6 Å². The topological polar surface area (TPSA) is 38.2 Å². The second kappa shape index (κ2) is 7.25. The maximum atomic E-state index is 13.1. The Labute approximate surface area is 143 Å². The third-order valence-corrected chi connectivity index (χ3v) is 3.34. The van der Waals surface area contributed by atoms with Gasteiger partial charge in [-0.05, 0) is 45.0 Å². The molecule has 2 aromatic rings. The van der Waals surface area contributed by atoms with E-state index < -0.39 is 23.7 Å². The summed E-state index contributed by atoms with van der Waals surface area (Å²) in [5.74, 6) is -0.349. The standard InChI is InChI=1S/C16H17ClF3N3O/c1-4-23(12-7-5-11(17)6-8-12)15-21-9-13(16(18,19)20)14(22-15)24-10(2)3/h5-10H,4H2,1-3H3. The number of rotatable bonds is 5. The summed E-state index contributed by atoms with van der Waals surface area (Å²) in [7, 11) is 0. The van der Waals surface area contributed by atoms with Crippen molar-refractivity contribution >= 4 is 23.2 Å². The van der Waals surface area contributed by atoms with Gasteiger partial charge >= 0.3 is 6.18 Å². The van der Waals surface area contributed by atoms with E-state index in [1.807, 2.05) is 6.92 Å². The van der Waals surface area contributed by atoms with Gasteiger partial charge in [0, 0.05) is 23.5 Å². The largest absolute Gasteiger partial charge is 0.474 e. The van der Waals surface area contributed by atoms with Crippen molar-refractivity contribution in [3.8, 4) is 5.88 Å². The van der Waals surface area contributed by atoms with E-state index in [9.17, 15) is 13.2 Å². The third-order valence-electron chi connectivity index (χ3n) is 3.09. The molecule has 0 aliphatic carbocycles. The smallest absolute Gasteiger partial charge is 0.423 e. The summed E-state index contributed by atoms with van der Waals surface area (Å²) in [6, 6.07) is 6.87. The van der Waals surface area contributed by atoms with Gasteiger partial charge in [-0.1, -0.05) is 11.6 Å². The number of ether oxygens (including phenoxy) is 1. The molecule has 0 amide bonds. The zero-order valence-corrected chi connectivity index (χ0v) is 14.2. The van der Waals surface area contributed by atoms with E-state index in [0.29, 0.717) is 11.6 Å². The molecule has 8 heteroatoms. The van der Waals surface area contributed by atoms with E-state index in [1.165, 1.54) is 0 Å². The first-order valence-electron chi connectivity index (χ1n) is 7.36. The van der Waals surface area contributed by atoms with Crippen LogP contribution in [0.1, 0.15) is 26.3 Å². The molecule has 1 aromatic heterocycles. The second-order valence-electron chi connectivity index (χ2n) is 5.27. The summed E-state index contributed by atoms with van der Waals surface area (Å²) >= 11 is 5.86. The normalized spacial score (nSPS) is 11.7. The Hall–Kier alpha value is -2.02. The van der Waals surface area contributed by atoms with Gasteiger partial charge in [0.15, 0.2) is 0 Å². The summed E-state index contributed by atoms with van der Waals surface area (Å²) in [5.41, 5.74) is -0.274.